The summed E-state index contributed by atoms with van der Waals surface area (Å²) in [4.78, 5) is 23.0. The van der Waals surface area contributed by atoms with Gasteiger partial charge in [0.05, 0.1) is 5.25 Å². The zero-order valence-corrected chi connectivity index (χ0v) is 16.3. The predicted molar refractivity (Wildman–Crippen MR) is 102 cm³/mol. The Labute approximate surface area is 158 Å². The summed E-state index contributed by atoms with van der Waals surface area (Å²) < 4.78 is 0.612. The lowest BCUT2D eigenvalue weighted by Crippen LogP contribution is -2.42. The van der Waals surface area contributed by atoms with Crippen molar-refractivity contribution in [2.75, 3.05) is 5.32 Å². The second kappa shape index (κ2) is 8.50. The van der Waals surface area contributed by atoms with E-state index in [0.29, 0.717) is 14.5 Å². The van der Waals surface area contributed by atoms with Gasteiger partial charge in [-0.15, -0.1) is 10.2 Å². The fourth-order valence-corrected chi connectivity index (χ4v) is 4.11. The van der Waals surface area contributed by atoms with Gasteiger partial charge in [0.25, 0.3) is 0 Å². The normalized spacial score (nSPS) is 12.0. The number of hydrogen-bond donors (Lipinski definition) is 3. The molecule has 1 aromatic heterocycles. The molecule has 0 radical (unpaired) electrons. The molecular weight excluding hydrogens is 382 g/mol. The van der Waals surface area contributed by atoms with E-state index in [-0.39, 0.29) is 5.92 Å². The van der Waals surface area contributed by atoms with Crippen LogP contribution in [0.25, 0.3) is 0 Å². The van der Waals surface area contributed by atoms with E-state index in [9.17, 15) is 9.59 Å². The number of anilines is 2. The summed E-state index contributed by atoms with van der Waals surface area (Å²) in [5.74, 6) is -0.456. The van der Waals surface area contributed by atoms with Crippen LogP contribution < -0.4 is 16.4 Å². The maximum atomic E-state index is 12.1. The average Bonchev–Trinajstić information content (AvgIpc) is 2.95. The molecule has 0 bridgehead atoms. The number of imide groups is 1. The van der Waals surface area contributed by atoms with Crippen molar-refractivity contribution in [2.24, 2.45) is 11.7 Å². The van der Waals surface area contributed by atoms with Crippen molar-refractivity contribution in [3.05, 3.63) is 28.8 Å². The van der Waals surface area contributed by atoms with Crippen molar-refractivity contribution in [1.82, 2.24) is 15.5 Å². The van der Waals surface area contributed by atoms with Gasteiger partial charge in [0.1, 0.15) is 0 Å². The third kappa shape index (κ3) is 5.32. The molecule has 0 fully saturated rings. The zero-order chi connectivity index (χ0) is 18.6. The van der Waals surface area contributed by atoms with Crippen LogP contribution in [0.1, 0.15) is 19.4 Å². The van der Waals surface area contributed by atoms with Crippen LogP contribution in [-0.2, 0) is 4.79 Å². The molecule has 2 aromatic rings. The Morgan fingerprint density at radius 1 is 1.32 bits per heavy atom. The average molecular weight is 400 g/mol. The molecule has 2 rings (SSSR count). The fourth-order valence-electron chi connectivity index (χ4n) is 1.96. The summed E-state index contributed by atoms with van der Waals surface area (Å²) in [7, 11) is 0. The molecule has 4 N–H and O–H groups in total. The number of carbonyl (C=O) groups is 2. The number of nitrogens with zero attached hydrogens (tertiary/aromatic N) is 2. The minimum atomic E-state index is -0.868. The Morgan fingerprint density at radius 2 is 2.04 bits per heavy atom. The number of thioether (sulfide) groups is 1. The number of carbonyl (C=O) groups excluding carboxylic acids is 2. The highest BCUT2D eigenvalue weighted by Crippen LogP contribution is 2.34. The summed E-state index contributed by atoms with van der Waals surface area (Å²) in [5.41, 5.74) is 6.77. The molecule has 25 heavy (non-hydrogen) atoms. The molecule has 0 saturated heterocycles. The topological polar surface area (TPSA) is 110 Å². The van der Waals surface area contributed by atoms with Gasteiger partial charge in [0.15, 0.2) is 4.34 Å². The highest BCUT2D eigenvalue weighted by atomic mass is 35.5. The second-order valence-corrected chi connectivity index (χ2v) is 8.32. The van der Waals surface area contributed by atoms with Gasteiger partial charge in [-0.1, -0.05) is 54.6 Å². The third-order valence-electron chi connectivity index (χ3n) is 3.25. The molecule has 7 nitrogen and oxygen atoms in total. The van der Waals surface area contributed by atoms with Crippen molar-refractivity contribution in [3.8, 4) is 0 Å². The molecule has 1 unspecified atom stereocenters. The van der Waals surface area contributed by atoms with Gasteiger partial charge in [0, 0.05) is 10.7 Å². The van der Waals surface area contributed by atoms with E-state index in [2.05, 4.69) is 20.8 Å². The number of hydrogen-bond acceptors (Lipinski definition) is 7. The van der Waals surface area contributed by atoms with Gasteiger partial charge in [-0.05, 0) is 30.5 Å². The molecule has 1 aromatic carbocycles. The first-order valence-electron chi connectivity index (χ1n) is 7.40. The number of nitrogens with one attached hydrogen (secondary N) is 2. The molecule has 3 amide bonds. The summed E-state index contributed by atoms with van der Waals surface area (Å²) in [6.45, 7) is 5.67. The lowest BCUT2D eigenvalue weighted by atomic mass is 10.1. The monoisotopic (exact) mass is 399 g/mol. The van der Waals surface area contributed by atoms with E-state index in [1.54, 1.807) is 0 Å². The van der Waals surface area contributed by atoms with Crippen molar-refractivity contribution in [2.45, 2.75) is 30.4 Å². The molecule has 0 spiro atoms. The van der Waals surface area contributed by atoms with E-state index in [1.807, 2.05) is 39.0 Å². The Bertz CT molecular complexity index is 781. The van der Waals surface area contributed by atoms with Crippen LogP contribution in [0.15, 0.2) is 22.5 Å². The van der Waals surface area contributed by atoms with Crippen LogP contribution in [0, 0.1) is 12.8 Å². The van der Waals surface area contributed by atoms with E-state index in [4.69, 9.17) is 17.3 Å². The largest absolute Gasteiger partial charge is 0.351 e. The van der Waals surface area contributed by atoms with Crippen molar-refractivity contribution >= 4 is 57.5 Å². The fraction of sp³-hybridized carbons (Fsp3) is 0.333. The number of primary amides is 1. The highest BCUT2D eigenvalue weighted by molar-refractivity contribution is 8.02. The first kappa shape index (κ1) is 19.5. The number of amides is 3. The van der Waals surface area contributed by atoms with Gasteiger partial charge in [-0.3, -0.25) is 10.1 Å². The predicted octanol–water partition coefficient (Wildman–Crippen LogP) is 3.56. The van der Waals surface area contributed by atoms with E-state index in [1.165, 1.54) is 23.1 Å². The first-order valence-corrected chi connectivity index (χ1v) is 9.48. The lowest BCUT2D eigenvalue weighted by Gasteiger charge is -2.16. The number of rotatable bonds is 6. The molecule has 0 aliphatic heterocycles. The Morgan fingerprint density at radius 3 is 2.68 bits per heavy atom. The Balaban J connectivity index is 2.10. The first-order chi connectivity index (χ1) is 11.8. The summed E-state index contributed by atoms with van der Waals surface area (Å²) in [5, 5.41) is 14.2. The van der Waals surface area contributed by atoms with Crippen LogP contribution in [0.2, 0.25) is 5.02 Å². The molecule has 0 saturated carbocycles. The summed E-state index contributed by atoms with van der Waals surface area (Å²) in [6, 6.07) is 4.69. The quantitative estimate of drug-likeness (QED) is 0.640. The molecule has 0 aliphatic rings. The van der Waals surface area contributed by atoms with Gasteiger partial charge >= 0.3 is 6.03 Å². The standard InChI is InChI=1S/C15H18ClN5O2S2/c1-7(2)11(12(22)19-13(17)23)24-15-21-20-14(25-15)18-10-6-4-5-9(16)8(10)3/h4-7,11H,1-3H3,(H,18,20)(H3,17,19,22,23). The van der Waals surface area contributed by atoms with Crippen molar-refractivity contribution < 1.29 is 9.59 Å². The van der Waals surface area contributed by atoms with E-state index < -0.39 is 17.2 Å². The molecule has 0 aliphatic carbocycles. The van der Waals surface area contributed by atoms with E-state index in [0.717, 1.165) is 11.3 Å². The van der Waals surface area contributed by atoms with Gasteiger partial charge < -0.3 is 11.1 Å². The molecule has 1 atom stereocenters. The number of benzene rings is 1. The van der Waals surface area contributed by atoms with Gasteiger partial charge in [-0.25, -0.2) is 4.79 Å². The lowest BCUT2D eigenvalue weighted by molar-refractivity contribution is -0.120. The third-order valence-corrected chi connectivity index (χ3v) is 6.13. The second-order valence-electron chi connectivity index (χ2n) is 5.55. The van der Waals surface area contributed by atoms with Crippen molar-refractivity contribution in [3.63, 3.8) is 0 Å². The molecule has 10 heteroatoms. The molecule has 1 heterocycles. The van der Waals surface area contributed by atoms with E-state index >= 15 is 0 Å². The smallest absolute Gasteiger partial charge is 0.318 e. The molecule has 134 valence electrons. The summed E-state index contributed by atoms with van der Waals surface area (Å²) in [6.07, 6.45) is 0. The van der Waals surface area contributed by atoms with Crippen LogP contribution in [0.3, 0.4) is 0 Å². The van der Waals surface area contributed by atoms with Gasteiger partial charge in [0.2, 0.25) is 11.0 Å². The van der Waals surface area contributed by atoms with Crippen LogP contribution in [0.4, 0.5) is 15.6 Å². The Hall–Kier alpha value is -1.84. The van der Waals surface area contributed by atoms with Crippen LogP contribution >= 0.6 is 34.7 Å². The van der Waals surface area contributed by atoms with Crippen molar-refractivity contribution in [1.29, 1.82) is 0 Å². The number of aromatic nitrogens is 2. The maximum Gasteiger partial charge on any atom is 0.318 e. The van der Waals surface area contributed by atoms with Gasteiger partial charge in [-0.2, -0.15) is 0 Å². The molecular formula is C15H18ClN5O2S2. The minimum Gasteiger partial charge on any atom is -0.351 e. The Kier molecular flexibility index (Phi) is 6.63. The maximum absolute atomic E-state index is 12.1. The highest BCUT2D eigenvalue weighted by Gasteiger charge is 2.26. The number of urea groups is 1. The number of halogens is 1. The summed E-state index contributed by atoms with van der Waals surface area (Å²) >= 11 is 8.67. The minimum absolute atomic E-state index is 0.0140. The zero-order valence-electron chi connectivity index (χ0n) is 13.9. The van der Waals surface area contributed by atoms with Crippen LogP contribution in [-0.4, -0.2) is 27.4 Å². The SMILES string of the molecule is Cc1c(Cl)cccc1Nc1nnc(SC(C(=O)NC(N)=O)C(C)C)s1. The van der Waals surface area contributed by atoms with Crippen LogP contribution in [0.5, 0.6) is 0 Å². The number of nitrogens with two attached hydrogens (primary N) is 1.